The van der Waals surface area contributed by atoms with Crippen molar-refractivity contribution in [2.45, 2.75) is 19.6 Å². The Morgan fingerprint density at radius 3 is 2.71 bits per heavy atom. The molecule has 0 spiro atoms. The quantitative estimate of drug-likeness (QED) is 0.512. The lowest BCUT2D eigenvalue weighted by atomic mass is 10.0. The van der Waals surface area contributed by atoms with E-state index < -0.39 is 0 Å². The summed E-state index contributed by atoms with van der Waals surface area (Å²) in [5, 5.41) is 0. The Morgan fingerprint density at radius 1 is 1.03 bits per heavy atom. The first-order valence-corrected chi connectivity index (χ1v) is 10.0. The topological polar surface area (TPSA) is 44.8 Å². The average Bonchev–Trinajstić information content (AvgIpc) is 3.08. The molecule has 2 aliphatic rings. The van der Waals surface area contributed by atoms with Gasteiger partial charge in [0, 0.05) is 17.2 Å². The predicted octanol–water partition coefficient (Wildman–Crippen LogP) is 5.73. The molecule has 0 radical (unpaired) electrons. The Balaban J connectivity index is 1.36. The first-order chi connectivity index (χ1) is 15.1. The number of ether oxygens (including phenoxy) is 3. The minimum atomic E-state index is -0.320. The van der Waals surface area contributed by atoms with E-state index in [2.05, 4.69) is 0 Å². The number of para-hydroxylation sites is 1. The summed E-state index contributed by atoms with van der Waals surface area (Å²) in [6.07, 6.45) is 3.52. The Bertz CT molecular complexity index is 1240. The highest BCUT2D eigenvalue weighted by Gasteiger charge is 2.29. The van der Waals surface area contributed by atoms with Gasteiger partial charge in [-0.1, -0.05) is 36.4 Å². The number of allylic oxidation sites excluding steroid dienone is 1. The van der Waals surface area contributed by atoms with Crippen LogP contribution in [0.5, 0.6) is 17.2 Å². The second kappa shape index (κ2) is 7.76. The molecule has 31 heavy (non-hydrogen) atoms. The zero-order valence-corrected chi connectivity index (χ0v) is 16.8. The van der Waals surface area contributed by atoms with Crippen LogP contribution in [0.25, 0.3) is 6.08 Å². The predicted molar refractivity (Wildman–Crippen MR) is 115 cm³/mol. The molecule has 1 unspecified atom stereocenters. The van der Waals surface area contributed by atoms with Gasteiger partial charge in [0.1, 0.15) is 35.8 Å². The van der Waals surface area contributed by atoms with Crippen molar-refractivity contribution < 1.29 is 23.4 Å². The van der Waals surface area contributed by atoms with Gasteiger partial charge in [0.05, 0.1) is 5.56 Å². The van der Waals surface area contributed by atoms with Gasteiger partial charge in [-0.2, -0.15) is 0 Å². The average molecular weight is 414 g/mol. The van der Waals surface area contributed by atoms with E-state index in [0.29, 0.717) is 22.6 Å². The SMILES string of the molecule is CC1Oc2ccccc2C=C1C=C1Oc2cc(OCc3ccccc3F)ccc2C1=O. The molecule has 5 heteroatoms. The molecule has 0 N–H and O–H groups in total. The first kappa shape index (κ1) is 19.1. The Morgan fingerprint density at radius 2 is 1.84 bits per heavy atom. The standard InChI is InChI=1S/C26H19FO4/c1-16-19(12-17-6-3-5-9-23(17)30-16)13-25-26(28)21-11-10-20(14-24(21)31-25)29-15-18-7-2-4-8-22(18)27/h2-14,16H,15H2,1H3. The van der Waals surface area contributed by atoms with Gasteiger partial charge in [-0.05, 0) is 48.9 Å². The number of halogens is 1. The number of carbonyl (C=O) groups is 1. The third kappa shape index (κ3) is 3.70. The maximum absolute atomic E-state index is 13.8. The molecule has 1 atom stereocenters. The van der Waals surface area contributed by atoms with Gasteiger partial charge in [0.15, 0.2) is 5.76 Å². The van der Waals surface area contributed by atoms with Gasteiger partial charge in [0.25, 0.3) is 0 Å². The molecule has 0 bridgehead atoms. The second-order valence-electron chi connectivity index (χ2n) is 7.42. The normalized spacial score (nSPS) is 18.0. The summed E-state index contributed by atoms with van der Waals surface area (Å²) in [5.41, 5.74) is 2.74. The van der Waals surface area contributed by atoms with Gasteiger partial charge in [-0.15, -0.1) is 0 Å². The molecular weight excluding hydrogens is 395 g/mol. The number of fused-ring (bicyclic) bond motifs is 2. The van der Waals surface area contributed by atoms with Gasteiger partial charge < -0.3 is 14.2 Å². The molecule has 4 nitrogen and oxygen atoms in total. The molecule has 0 saturated carbocycles. The van der Waals surface area contributed by atoms with Crippen molar-refractivity contribution in [3.63, 3.8) is 0 Å². The van der Waals surface area contributed by atoms with Crippen LogP contribution in [0.15, 0.2) is 84.1 Å². The van der Waals surface area contributed by atoms with Crippen LogP contribution in [0.2, 0.25) is 0 Å². The van der Waals surface area contributed by atoms with E-state index in [1.54, 1.807) is 42.5 Å². The number of hydrogen-bond acceptors (Lipinski definition) is 4. The van der Waals surface area contributed by atoms with E-state index in [9.17, 15) is 9.18 Å². The largest absolute Gasteiger partial charge is 0.489 e. The summed E-state index contributed by atoms with van der Waals surface area (Å²) in [7, 11) is 0. The van der Waals surface area contributed by atoms with Gasteiger partial charge >= 0.3 is 0 Å². The summed E-state index contributed by atoms with van der Waals surface area (Å²) in [4.78, 5) is 12.8. The third-order valence-corrected chi connectivity index (χ3v) is 5.31. The summed E-state index contributed by atoms with van der Waals surface area (Å²) < 4.78 is 31.3. The van der Waals surface area contributed by atoms with Crippen LogP contribution in [0.4, 0.5) is 4.39 Å². The fourth-order valence-corrected chi connectivity index (χ4v) is 3.61. The van der Waals surface area contributed by atoms with Crippen molar-refractivity contribution in [2.75, 3.05) is 0 Å². The van der Waals surface area contributed by atoms with Crippen molar-refractivity contribution in [3.05, 3.63) is 107 Å². The molecule has 0 aliphatic carbocycles. The summed E-state index contributed by atoms with van der Waals surface area (Å²) in [6.45, 7) is 2.02. The van der Waals surface area contributed by atoms with E-state index in [4.69, 9.17) is 14.2 Å². The molecule has 2 heterocycles. The Hall–Kier alpha value is -3.86. The van der Waals surface area contributed by atoms with E-state index in [1.165, 1.54) is 6.07 Å². The Kier molecular flexibility index (Phi) is 4.79. The summed E-state index contributed by atoms with van der Waals surface area (Å²) in [5.74, 6) is 1.46. The van der Waals surface area contributed by atoms with Crippen LogP contribution in [-0.4, -0.2) is 11.9 Å². The van der Waals surface area contributed by atoms with Crippen molar-refractivity contribution in [2.24, 2.45) is 0 Å². The molecule has 154 valence electrons. The lowest BCUT2D eigenvalue weighted by molar-refractivity contribution is 0.101. The van der Waals surface area contributed by atoms with E-state index in [-0.39, 0.29) is 30.1 Å². The van der Waals surface area contributed by atoms with Crippen LogP contribution in [0.1, 0.15) is 28.4 Å². The van der Waals surface area contributed by atoms with Crippen molar-refractivity contribution in [1.29, 1.82) is 0 Å². The maximum atomic E-state index is 13.8. The van der Waals surface area contributed by atoms with Gasteiger partial charge in [-0.25, -0.2) is 4.39 Å². The molecule has 3 aromatic rings. The molecule has 0 fully saturated rings. The molecule has 0 amide bonds. The molecule has 2 aliphatic heterocycles. The number of ketones is 1. The highest BCUT2D eigenvalue weighted by atomic mass is 19.1. The molecular formula is C26H19FO4. The number of carbonyl (C=O) groups excluding carboxylic acids is 1. The van der Waals surface area contributed by atoms with Crippen molar-refractivity contribution >= 4 is 11.9 Å². The first-order valence-electron chi connectivity index (χ1n) is 10.0. The smallest absolute Gasteiger partial charge is 0.231 e. The van der Waals surface area contributed by atoms with Crippen LogP contribution in [-0.2, 0) is 6.61 Å². The summed E-state index contributed by atoms with van der Waals surface area (Å²) >= 11 is 0. The lowest BCUT2D eigenvalue weighted by Crippen LogP contribution is -2.18. The highest BCUT2D eigenvalue weighted by Crippen LogP contribution is 2.36. The third-order valence-electron chi connectivity index (χ3n) is 5.31. The lowest BCUT2D eigenvalue weighted by Gasteiger charge is -2.22. The van der Waals surface area contributed by atoms with E-state index >= 15 is 0 Å². The van der Waals surface area contributed by atoms with Crippen LogP contribution in [0.3, 0.4) is 0 Å². The van der Waals surface area contributed by atoms with Crippen LogP contribution >= 0.6 is 0 Å². The van der Waals surface area contributed by atoms with E-state index in [0.717, 1.165) is 16.9 Å². The van der Waals surface area contributed by atoms with Crippen molar-refractivity contribution in [1.82, 2.24) is 0 Å². The highest BCUT2D eigenvalue weighted by molar-refractivity contribution is 6.12. The monoisotopic (exact) mass is 414 g/mol. The second-order valence-corrected chi connectivity index (χ2v) is 7.42. The number of hydrogen-bond donors (Lipinski definition) is 0. The number of Topliss-reactive ketones (excluding diaryl/α,β-unsaturated/α-hetero) is 1. The fraction of sp³-hybridized carbons (Fsp3) is 0.115. The minimum absolute atomic E-state index is 0.0866. The Labute approximate surface area is 179 Å². The zero-order valence-electron chi connectivity index (χ0n) is 16.8. The molecule has 0 saturated heterocycles. The van der Waals surface area contributed by atoms with E-state index in [1.807, 2.05) is 37.3 Å². The van der Waals surface area contributed by atoms with Gasteiger partial charge in [0.2, 0.25) is 5.78 Å². The fourth-order valence-electron chi connectivity index (χ4n) is 3.61. The zero-order chi connectivity index (χ0) is 21.4. The molecule has 5 rings (SSSR count). The number of rotatable bonds is 4. The maximum Gasteiger partial charge on any atom is 0.231 e. The van der Waals surface area contributed by atoms with Crippen LogP contribution in [0, 0.1) is 5.82 Å². The number of benzene rings is 3. The molecule has 0 aromatic heterocycles. The van der Waals surface area contributed by atoms with Crippen LogP contribution < -0.4 is 14.2 Å². The van der Waals surface area contributed by atoms with Crippen molar-refractivity contribution in [3.8, 4) is 17.2 Å². The summed E-state index contributed by atoms with van der Waals surface area (Å²) in [6, 6.07) is 19.2. The molecule has 3 aromatic carbocycles. The minimum Gasteiger partial charge on any atom is -0.489 e. The van der Waals surface area contributed by atoms with Gasteiger partial charge in [-0.3, -0.25) is 4.79 Å².